The van der Waals surface area contributed by atoms with Crippen LogP contribution in [0.15, 0.2) is 48.4 Å². The van der Waals surface area contributed by atoms with Crippen molar-refractivity contribution >= 4 is 11.5 Å². The molecule has 0 saturated carbocycles. The van der Waals surface area contributed by atoms with Crippen molar-refractivity contribution in [1.29, 1.82) is 0 Å². The van der Waals surface area contributed by atoms with Gasteiger partial charge in [-0.15, -0.1) is 0 Å². The summed E-state index contributed by atoms with van der Waals surface area (Å²) >= 11 is 0. The number of aliphatic hydroxyl groups excluding tert-OH is 1. The van der Waals surface area contributed by atoms with E-state index in [1.807, 2.05) is 0 Å². The van der Waals surface area contributed by atoms with Crippen molar-refractivity contribution in [1.82, 2.24) is 9.88 Å². The van der Waals surface area contributed by atoms with Crippen LogP contribution >= 0.6 is 0 Å². The molecular formula is C17H15FN2O3. The Bertz CT molecular complexity index is 754. The quantitative estimate of drug-likeness (QED) is 0.942. The van der Waals surface area contributed by atoms with Crippen molar-refractivity contribution in [3.63, 3.8) is 0 Å². The Morgan fingerprint density at radius 3 is 2.57 bits per heavy atom. The lowest BCUT2D eigenvalue weighted by Crippen LogP contribution is -2.21. The maximum absolute atomic E-state index is 12.8. The van der Waals surface area contributed by atoms with Crippen molar-refractivity contribution in [3.05, 3.63) is 65.4 Å². The number of aromatic nitrogens is 1. The number of ether oxygens (including phenoxy) is 1. The van der Waals surface area contributed by atoms with Gasteiger partial charge in [-0.25, -0.2) is 4.39 Å². The molecule has 2 aromatic rings. The molecule has 1 aromatic carbocycles. The van der Waals surface area contributed by atoms with Crippen LogP contribution in [-0.2, 0) is 11.4 Å². The summed E-state index contributed by atoms with van der Waals surface area (Å²) in [4.78, 5) is 17.2. The van der Waals surface area contributed by atoms with Crippen LogP contribution in [0.3, 0.4) is 0 Å². The lowest BCUT2D eigenvalue weighted by atomic mass is 10.1. The molecule has 0 saturated heterocycles. The van der Waals surface area contributed by atoms with Crippen molar-refractivity contribution in [2.75, 3.05) is 13.6 Å². The summed E-state index contributed by atoms with van der Waals surface area (Å²) in [6.07, 6.45) is 1.53. The first kappa shape index (κ1) is 15.0. The number of hydrogen-bond acceptors (Lipinski definition) is 4. The summed E-state index contributed by atoms with van der Waals surface area (Å²) in [5.41, 5.74) is 1.88. The van der Waals surface area contributed by atoms with E-state index in [1.54, 1.807) is 31.3 Å². The minimum Gasteiger partial charge on any atom is -0.503 e. The molecular weight excluding hydrogens is 299 g/mol. The van der Waals surface area contributed by atoms with E-state index in [4.69, 9.17) is 4.74 Å². The van der Waals surface area contributed by atoms with Gasteiger partial charge >= 0.3 is 0 Å². The SMILES string of the molecule is CN1CC(c2ccc(OCc3ccc(F)cc3)cn2)=C(O)C1=O. The van der Waals surface area contributed by atoms with Crippen LogP contribution in [0, 0.1) is 5.82 Å². The van der Waals surface area contributed by atoms with Crippen LogP contribution in [0.25, 0.3) is 5.57 Å². The molecule has 0 fully saturated rings. The van der Waals surface area contributed by atoms with E-state index in [0.717, 1.165) is 5.56 Å². The van der Waals surface area contributed by atoms with E-state index in [0.29, 0.717) is 30.2 Å². The Morgan fingerprint density at radius 2 is 2.00 bits per heavy atom. The molecule has 6 heteroatoms. The highest BCUT2D eigenvalue weighted by Crippen LogP contribution is 2.25. The molecule has 23 heavy (non-hydrogen) atoms. The van der Waals surface area contributed by atoms with E-state index in [2.05, 4.69) is 4.98 Å². The smallest absolute Gasteiger partial charge is 0.289 e. The fourth-order valence-electron chi connectivity index (χ4n) is 2.29. The van der Waals surface area contributed by atoms with Crippen LogP contribution < -0.4 is 4.74 Å². The second-order valence-corrected chi connectivity index (χ2v) is 5.28. The first-order valence-corrected chi connectivity index (χ1v) is 7.06. The number of halogens is 1. The van der Waals surface area contributed by atoms with Gasteiger partial charge in [-0.2, -0.15) is 0 Å². The molecule has 0 radical (unpaired) electrons. The van der Waals surface area contributed by atoms with Crippen molar-refractivity contribution < 1.29 is 19.0 Å². The molecule has 5 nitrogen and oxygen atoms in total. The third kappa shape index (κ3) is 3.15. The van der Waals surface area contributed by atoms with Gasteiger partial charge in [-0.3, -0.25) is 9.78 Å². The molecule has 1 aromatic heterocycles. The lowest BCUT2D eigenvalue weighted by molar-refractivity contribution is -0.126. The molecule has 118 valence electrons. The van der Waals surface area contributed by atoms with Gasteiger partial charge in [0.25, 0.3) is 5.91 Å². The van der Waals surface area contributed by atoms with Crippen LogP contribution in [0.4, 0.5) is 4.39 Å². The molecule has 0 spiro atoms. The minimum absolute atomic E-state index is 0.264. The Balaban J connectivity index is 1.68. The number of nitrogens with zero attached hydrogens (tertiary/aromatic N) is 2. The van der Waals surface area contributed by atoms with Gasteiger partial charge in [0.05, 0.1) is 18.4 Å². The zero-order valence-electron chi connectivity index (χ0n) is 12.5. The third-order valence-electron chi connectivity index (χ3n) is 3.59. The normalized spacial score (nSPS) is 14.5. The summed E-state index contributed by atoms with van der Waals surface area (Å²) in [5, 5.41) is 9.81. The fourth-order valence-corrected chi connectivity index (χ4v) is 2.29. The Hall–Kier alpha value is -2.89. The van der Waals surface area contributed by atoms with E-state index in [1.165, 1.54) is 23.2 Å². The predicted octanol–water partition coefficient (Wildman–Crippen LogP) is 2.54. The minimum atomic E-state index is -0.404. The predicted molar refractivity (Wildman–Crippen MR) is 82.2 cm³/mol. The van der Waals surface area contributed by atoms with E-state index >= 15 is 0 Å². The number of pyridine rings is 1. The summed E-state index contributed by atoms with van der Waals surface area (Å²) < 4.78 is 18.4. The number of benzene rings is 1. The lowest BCUT2D eigenvalue weighted by Gasteiger charge is -2.08. The van der Waals surface area contributed by atoms with Gasteiger partial charge in [0.1, 0.15) is 18.2 Å². The number of carbonyl (C=O) groups excluding carboxylic acids is 1. The van der Waals surface area contributed by atoms with Crippen molar-refractivity contribution in [3.8, 4) is 5.75 Å². The highest BCUT2D eigenvalue weighted by molar-refractivity contribution is 6.03. The molecule has 0 bridgehead atoms. The Labute approximate surface area is 132 Å². The first-order chi connectivity index (χ1) is 11.0. The summed E-state index contributed by atoms with van der Waals surface area (Å²) in [7, 11) is 1.62. The van der Waals surface area contributed by atoms with Crippen molar-refractivity contribution in [2.24, 2.45) is 0 Å². The van der Waals surface area contributed by atoms with Crippen LogP contribution in [0.2, 0.25) is 0 Å². The average Bonchev–Trinajstić information content (AvgIpc) is 2.82. The van der Waals surface area contributed by atoms with Gasteiger partial charge in [-0.05, 0) is 29.8 Å². The maximum Gasteiger partial charge on any atom is 0.289 e. The monoisotopic (exact) mass is 314 g/mol. The van der Waals surface area contributed by atoms with E-state index in [9.17, 15) is 14.3 Å². The molecule has 1 N–H and O–H groups in total. The van der Waals surface area contributed by atoms with Crippen LogP contribution in [-0.4, -0.2) is 34.5 Å². The largest absolute Gasteiger partial charge is 0.503 e. The molecule has 0 atom stereocenters. The van der Waals surface area contributed by atoms with Crippen LogP contribution in [0.5, 0.6) is 5.75 Å². The van der Waals surface area contributed by atoms with Gasteiger partial charge < -0.3 is 14.7 Å². The van der Waals surface area contributed by atoms with Gasteiger partial charge in [-0.1, -0.05) is 12.1 Å². The summed E-state index contributed by atoms with van der Waals surface area (Å²) in [5.74, 6) is -0.404. The zero-order chi connectivity index (χ0) is 16.4. The summed E-state index contributed by atoms with van der Waals surface area (Å²) in [6, 6.07) is 9.47. The van der Waals surface area contributed by atoms with Crippen molar-refractivity contribution in [2.45, 2.75) is 6.61 Å². The number of rotatable bonds is 4. The zero-order valence-corrected chi connectivity index (χ0v) is 12.5. The Kier molecular flexibility index (Phi) is 3.97. The molecule has 0 aliphatic carbocycles. The standard InChI is InChI=1S/C17H15FN2O3/c1-20-9-14(16(21)17(20)22)15-7-6-13(8-19-15)23-10-11-2-4-12(18)5-3-11/h2-8,21H,9-10H2,1H3. The van der Waals surface area contributed by atoms with Crippen LogP contribution in [0.1, 0.15) is 11.3 Å². The molecule has 1 amide bonds. The number of amides is 1. The second-order valence-electron chi connectivity index (χ2n) is 5.28. The van der Waals surface area contributed by atoms with E-state index < -0.39 is 5.91 Å². The maximum atomic E-state index is 12.8. The fraction of sp³-hybridized carbons (Fsp3) is 0.176. The topological polar surface area (TPSA) is 62.7 Å². The van der Waals surface area contributed by atoms with Gasteiger partial charge in [0, 0.05) is 12.6 Å². The highest BCUT2D eigenvalue weighted by atomic mass is 19.1. The summed E-state index contributed by atoms with van der Waals surface area (Å²) in [6.45, 7) is 0.629. The molecule has 1 aliphatic heterocycles. The third-order valence-corrected chi connectivity index (χ3v) is 3.59. The van der Waals surface area contributed by atoms with Gasteiger partial charge in [0.15, 0.2) is 5.76 Å². The average molecular weight is 314 g/mol. The number of hydrogen-bond donors (Lipinski definition) is 1. The number of aliphatic hydroxyl groups is 1. The highest BCUT2D eigenvalue weighted by Gasteiger charge is 2.28. The first-order valence-electron chi connectivity index (χ1n) is 7.06. The van der Waals surface area contributed by atoms with Gasteiger partial charge in [0.2, 0.25) is 0 Å². The molecule has 1 aliphatic rings. The number of carbonyl (C=O) groups is 1. The molecule has 2 heterocycles. The second kappa shape index (κ2) is 6.08. The molecule has 3 rings (SSSR count). The number of likely N-dealkylation sites (N-methyl/N-ethyl adjacent to an activating group) is 1. The molecule has 0 unspecified atom stereocenters. The Morgan fingerprint density at radius 1 is 1.26 bits per heavy atom. The van der Waals surface area contributed by atoms with E-state index in [-0.39, 0.29) is 11.6 Å².